The SMILES string of the molecule is CCCCCCC(CSc1cccc(F)c1)NCC. The smallest absolute Gasteiger partial charge is 0.124 e. The first-order valence-electron chi connectivity index (χ1n) is 7.38. The van der Waals surface area contributed by atoms with Gasteiger partial charge in [-0.05, 0) is 31.2 Å². The Hall–Kier alpha value is -0.540. The van der Waals surface area contributed by atoms with E-state index in [4.69, 9.17) is 0 Å². The Kier molecular flexibility index (Phi) is 8.93. The van der Waals surface area contributed by atoms with Gasteiger partial charge >= 0.3 is 0 Å². The van der Waals surface area contributed by atoms with Crippen molar-refractivity contribution in [2.75, 3.05) is 12.3 Å². The second kappa shape index (κ2) is 10.3. The molecule has 0 aromatic heterocycles. The van der Waals surface area contributed by atoms with Crippen LogP contribution in [0, 0.1) is 5.82 Å². The van der Waals surface area contributed by atoms with Crippen LogP contribution in [-0.2, 0) is 0 Å². The first-order chi connectivity index (χ1) is 9.26. The average molecular weight is 283 g/mol. The number of hydrogen-bond donors (Lipinski definition) is 1. The lowest BCUT2D eigenvalue weighted by Crippen LogP contribution is -2.31. The highest BCUT2D eigenvalue weighted by Gasteiger charge is 2.08. The molecule has 0 aliphatic rings. The van der Waals surface area contributed by atoms with Gasteiger partial charge in [0.15, 0.2) is 0 Å². The first-order valence-corrected chi connectivity index (χ1v) is 8.36. The van der Waals surface area contributed by atoms with E-state index < -0.39 is 0 Å². The molecule has 19 heavy (non-hydrogen) atoms. The molecule has 1 nitrogen and oxygen atoms in total. The summed E-state index contributed by atoms with van der Waals surface area (Å²) < 4.78 is 13.1. The molecule has 108 valence electrons. The molecule has 0 aliphatic heterocycles. The van der Waals surface area contributed by atoms with Crippen molar-refractivity contribution in [1.82, 2.24) is 5.32 Å². The maximum atomic E-state index is 13.1. The quantitative estimate of drug-likeness (QED) is 0.486. The second-order valence-electron chi connectivity index (χ2n) is 4.87. The second-order valence-corrected chi connectivity index (χ2v) is 5.97. The molecule has 0 aliphatic carbocycles. The Morgan fingerprint density at radius 1 is 1.21 bits per heavy atom. The Bertz CT molecular complexity index is 343. The Morgan fingerprint density at radius 2 is 2.05 bits per heavy atom. The third-order valence-electron chi connectivity index (χ3n) is 3.15. The lowest BCUT2D eigenvalue weighted by Gasteiger charge is -2.17. The molecule has 0 amide bonds. The van der Waals surface area contributed by atoms with Crippen LogP contribution in [0.4, 0.5) is 4.39 Å². The predicted octanol–water partition coefficient (Wildman–Crippen LogP) is 4.87. The molecule has 1 atom stereocenters. The highest BCUT2D eigenvalue weighted by atomic mass is 32.2. The van der Waals surface area contributed by atoms with Crippen LogP contribution in [-0.4, -0.2) is 18.3 Å². The zero-order valence-corrected chi connectivity index (χ0v) is 12.9. The summed E-state index contributed by atoms with van der Waals surface area (Å²) in [7, 11) is 0. The normalized spacial score (nSPS) is 12.6. The van der Waals surface area contributed by atoms with Gasteiger partial charge in [-0.25, -0.2) is 4.39 Å². The monoisotopic (exact) mass is 283 g/mol. The van der Waals surface area contributed by atoms with E-state index in [-0.39, 0.29) is 5.82 Å². The standard InChI is InChI=1S/C16H26FNS/c1-3-5-6-7-10-15(18-4-2)13-19-16-11-8-9-14(17)12-16/h8-9,11-12,15,18H,3-7,10,13H2,1-2H3. The molecular formula is C16H26FNS. The number of thioether (sulfide) groups is 1. The molecule has 0 fully saturated rings. The third-order valence-corrected chi connectivity index (χ3v) is 4.30. The van der Waals surface area contributed by atoms with Crippen molar-refractivity contribution in [3.8, 4) is 0 Å². The van der Waals surface area contributed by atoms with Crippen LogP contribution in [0.25, 0.3) is 0 Å². The van der Waals surface area contributed by atoms with E-state index in [0.717, 1.165) is 17.2 Å². The van der Waals surface area contributed by atoms with Gasteiger partial charge in [-0.3, -0.25) is 0 Å². The third kappa shape index (κ3) is 7.58. The fourth-order valence-corrected chi connectivity index (χ4v) is 3.15. The van der Waals surface area contributed by atoms with Gasteiger partial charge < -0.3 is 5.32 Å². The minimum atomic E-state index is -0.145. The zero-order chi connectivity index (χ0) is 13.9. The van der Waals surface area contributed by atoms with E-state index in [9.17, 15) is 4.39 Å². The molecule has 0 spiro atoms. The maximum Gasteiger partial charge on any atom is 0.124 e. The molecule has 1 aromatic carbocycles. The van der Waals surface area contributed by atoms with Crippen LogP contribution in [0.3, 0.4) is 0 Å². The highest BCUT2D eigenvalue weighted by Crippen LogP contribution is 2.21. The summed E-state index contributed by atoms with van der Waals surface area (Å²) in [4.78, 5) is 1.02. The van der Waals surface area contributed by atoms with E-state index in [1.807, 2.05) is 6.07 Å². The zero-order valence-electron chi connectivity index (χ0n) is 12.1. The van der Waals surface area contributed by atoms with E-state index >= 15 is 0 Å². The van der Waals surface area contributed by atoms with Gasteiger partial charge in [-0.1, -0.05) is 45.6 Å². The van der Waals surface area contributed by atoms with Gasteiger partial charge in [-0.15, -0.1) is 11.8 Å². The van der Waals surface area contributed by atoms with Crippen molar-refractivity contribution in [2.45, 2.75) is 56.9 Å². The first kappa shape index (κ1) is 16.5. The lowest BCUT2D eigenvalue weighted by molar-refractivity contribution is 0.500. The van der Waals surface area contributed by atoms with Crippen LogP contribution in [0.5, 0.6) is 0 Å². The van der Waals surface area contributed by atoms with Gasteiger partial charge in [0.25, 0.3) is 0 Å². The van der Waals surface area contributed by atoms with Crippen LogP contribution in [0.15, 0.2) is 29.2 Å². The van der Waals surface area contributed by atoms with Crippen LogP contribution in [0.2, 0.25) is 0 Å². The topological polar surface area (TPSA) is 12.0 Å². The molecular weight excluding hydrogens is 257 g/mol. The van der Waals surface area contributed by atoms with E-state index in [1.54, 1.807) is 23.9 Å². The van der Waals surface area contributed by atoms with Gasteiger partial charge in [0, 0.05) is 16.7 Å². The largest absolute Gasteiger partial charge is 0.313 e. The molecule has 1 N–H and O–H groups in total. The molecule has 3 heteroatoms. The van der Waals surface area contributed by atoms with Crippen molar-refractivity contribution >= 4 is 11.8 Å². The molecule has 1 rings (SSSR count). The number of benzene rings is 1. The summed E-state index contributed by atoms with van der Waals surface area (Å²) >= 11 is 1.74. The maximum absolute atomic E-state index is 13.1. The van der Waals surface area contributed by atoms with Crippen molar-refractivity contribution < 1.29 is 4.39 Å². The van der Waals surface area contributed by atoms with Crippen LogP contribution < -0.4 is 5.32 Å². The van der Waals surface area contributed by atoms with Crippen molar-refractivity contribution in [1.29, 1.82) is 0 Å². The summed E-state index contributed by atoms with van der Waals surface area (Å²) in [6, 6.07) is 7.41. The number of unbranched alkanes of at least 4 members (excludes halogenated alkanes) is 3. The predicted molar refractivity (Wildman–Crippen MR) is 83.3 cm³/mol. The summed E-state index contributed by atoms with van der Waals surface area (Å²) in [6.45, 7) is 5.38. The lowest BCUT2D eigenvalue weighted by atomic mass is 10.1. The molecule has 0 saturated carbocycles. The minimum Gasteiger partial charge on any atom is -0.313 e. The summed E-state index contributed by atoms with van der Waals surface area (Å²) in [5, 5.41) is 3.53. The summed E-state index contributed by atoms with van der Waals surface area (Å²) in [6.07, 6.45) is 6.44. The van der Waals surface area contributed by atoms with Gasteiger partial charge in [-0.2, -0.15) is 0 Å². The molecule has 1 aromatic rings. The van der Waals surface area contributed by atoms with Crippen molar-refractivity contribution in [3.05, 3.63) is 30.1 Å². The number of nitrogens with one attached hydrogen (secondary N) is 1. The molecule has 0 bridgehead atoms. The summed E-state index contributed by atoms with van der Waals surface area (Å²) in [5.41, 5.74) is 0. The highest BCUT2D eigenvalue weighted by molar-refractivity contribution is 7.99. The van der Waals surface area contributed by atoms with Crippen LogP contribution in [0.1, 0.15) is 46.0 Å². The Morgan fingerprint density at radius 3 is 2.74 bits per heavy atom. The van der Waals surface area contributed by atoms with Crippen LogP contribution >= 0.6 is 11.8 Å². The van der Waals surface area contributed by atoms with Gasteiger partial charge in [0.05, 0.1) is 0 Å². The Labute approximate surface area is 121 Å². The molecule has 0 heterocycles. The van der Waals surface area contributed by atoms with Crippen molar-refractivity contribution in [3.63, 3.8) is 0 Å². The van der Waals surface area contributed by atoms with Gasteiger partial charge in [0.1, 0.15) is 5.82 Å². The fourth-order valence-electron chi connectivity index (χ4n) is 2.10. The molecule has 0 saturated heterocycles. The Balaban J connectivity index is 2.32. The number of rotatable bonds is 10. The fraction of sp³-hybridized carbons (Fsp3) is 0.625. The van der Waals surface area contributed by atoms with Gasteiger partial charge in [0.2, 0.25) is 0 Å². The minimum absolute atomic E-state index is 0.145. The molecule has 0 radical (unpaired) electrons. The van der Waals surface area contributed by atoms with E-state index in [0.29, 0.717) is 6.04 Å². The molecule has 1 unspecified atom stereocenters. The van der Waals surface area contributed by atoms with E-state index in [2.05, 4.69) is 19.2 Å². The number of hydrogen-bond acceptors (Lipinski definition) is 2. The number of halogens is 1. The van der Waals surface area contributed by atoms with Crippen molar-refractivity contribution in [2.24, 2.45) is 0 Å². The summed E-state index contributed by atoms with van der Waals surface area (Å²) in [5.74, 6) is 0.872. The van der Waals surface area contributed by atoms with E-state index in [1.165, 1.54) is 38.2 Å². The average Bonchev–Trinajstić information content (AvgIpc) is 2.41.